The molecule has 1 unspecified atom stereocenters. The Kier molecular flexibility index (Phi) is 6.98. The molecular weight excluding hydrogens is 410 g/mol. The molecule has 7 nitrogen and oxygen atoms in total. The van der Waals surface area contributed by atoms with E-state index in [1.54, 1.807) is 63.2 Å². The number of aryl methyl sites for hydroxylation is 1. The van der Waals surface area contributed by atoms with Crippen LogP contribution < -0.4 is 15.7 Å². The summed E-state index contributed by atoms with van der Waals surface area (Å²) in [6.07, 6.45) is 0.874. The molecule has 2 aromatic carbocycles. The van der Waals surface area contributed by atoms with Crippen molar-refractivity contribution in [1.82, 2.24) is 5.32 Å². The third kappa shape index (κ3) is 5.97. The monoisotopic (exact) mass is 437 g/mol. The van der Waals surface area contributed by atoms with Crippen LogP contribution in [0, 0.1) is 0 Å². The lowest BCUT2D eigenvalue weighted by Gasteiger charge is -2.23. The van der Waals surface area contributed by atoms with Crippen molar-refractivity contribution in [2.75, 3.05) is 0 Å². The number of fused-ring (bicyclic) bond motifs is 1. The number of hydrogen-bond donors (Lipinski definition) is 1. The van der Waals surface area contributed by atoms with E-state index >= 15 is 0 Å². The van der Waals surface area contributed by atoms with Gasteiger partial charge < -0.3 is 19.2 Å². The molecule has 0 aliphatic carbocycles. The number of nitrogens with one attached hydrogen (secondary N) is 1. The summed E-state index contributed by atoms with van der Waals surface area (Å²) in [7, 11) is 0. The largest absolute Gasteiger partial charge is 0.444 e. The second kappa shape index (κ2) is 9.68. The molecule has 0 bridgehead atoms. The maximum Gasteiger partial charge on any atom is 0.408 e. The molecule has 1 aromatic heterocycles. The summed E-state index contributed by atoms with van der Waals surface area (Å²) in [4.78, 5) is 37.2. The Morgan fingerprint density at radius 2 is 1.78 bits per heavy atom. The highest BCUT2D eigenvalue weighted by atomic mass is 16.6. The predicted molar refractivity (Wildman–Crippen MR) is 121 cm³/mol. The molecule has 3 rings (SSSR count). The van der Waals surface area contributed by atoms with Gasteiger partial charge in [-0.05, 0) is 50.5 Å². The van der Waals surface area contributed by atoms with Gasteiger partial charge in [0.2, 0.25) is 0 Å². The van der Waals surface area contributed by atoms with Crippen molar-refractivity contribution in [2.24, 2.45) is 0 Å². The van der Waals surface area contributed by atoms with Crippen molar-refractivity contribution in [3.63, 3.8) is 0 Å². The van der Waals surface area contributed by atoms with Crippen LogP contribution in [0.25, 0.3) is 11.0 Å². The van der Waals surface area contributed by atoms with Crippen LogP contribution >= 0.6 is 0 Å². The topological polar surface area (TPSA) is 94.8 Å². The van der Waals surface area contributed by atoms with E-state index in [1.807, 2.05) is 6.92 Å². The zero-order valence-electron chi connectivity index (χ0n) is 18.6. The van der Waals surface area contributed by atoms with E-state index in [4.69, 9.17) is 13.9 Å². The Balaban J connectivity index is 1.87. The summed E-state index contributed by atoms with van der Waals surface area (Å²) in [5, 5.41) is 3.36. The molecule has 0 fully saturated rings. The fourth-order valence-corrected chi connectivity index (χ4v) is 3.27. The number of rotatable bonds is 6. The summed E-state index contributed by atoms with van der Waals surface area (Å²) in [5.41, 5.74) is 0.577. The molecule has 168 valence electrons. The van der Waals surface area contributed by atoms with E-state index in [0.29, 0.717) is 11.1 Å². The number of carbonyl (C=O) groups is 2. The maximum absolute atomic E-state index is 13.0. The summed E-state index contributed by atoms with van der Waals surface area (Å²) >= 11 is 0. The first-order valence-corrected chi connectivity index (χ1v) is 10.5. The Morgan fingerprint density at radius 3 is 2.44 bits per heavy atom. The van der Waals surface area contributed by atoms with Gasteiger partial charge in [-0.3, -0.25) is 0 Å². The fourth-order valence-electron chi connectivity index (χ4n) is 3.27. The minimum absolute atomic E-state index is 0.200. The molecule has 0 spiro atoms. The van der Waals surface area contributed by atoms with Gasteiger partial charge in [-0.15, -0.1) is 0 Å². The molecule has 0 aliphatic heterocycles. The lowest BCUT2D eigenvalue weighted by Crippen LogP contribution is -2.39. The van der Waals surface area contributed by atoms with Gasteiger partial charge >= 0.3 is 17.7 Å². The van der Waals surface area contributed by atoms with E-state index in [0.717, 1.165) is 23.8 Å². The van der Waals surface area contributed by atoms with E-state index in [1.165, 1.54) is 12.1 Å². The predicted octanol–water partition coefficient (Wildman–Crippen LogP) is 4.92. The molecule has 3 aromatic rings. The van der Waals surface area contributed by atoms with Gasteiger partial charge in [0.25, 0.3) is 0 Å². The second-order valence-corrected chi connectivity index (χ2v) is 8.41. The quantitative estimate of drug-likeness (QED) is 0.334. The van der Waals surface area contributed by atoms with Crippen LogP contribution in [0.1, 0.15) is 51.3 Å². The molecule has 1 amide bonds. The van der Waals surface area contributed by atoms with Crippen LogP contribution in [0.4, 0.5) is 4.79 Å². The molecule has 0 radical (unpaired) electrons. The number of alkyl carbamates (subject to hydrolysis) is 1. The first-order chi connectivity index (χ1) is 15.2. The van der Waals surface area contributed by atoms with Crippen LogP contribution in [-0.4, -0.2) is 17.7 Å². The molecule has 1 heterocycles. The number of hydrogen-bond acceptors (Lipinski definition) is 6. The number of ether oxygens (including phenoxy) is 2. The summed E-state index contributed by atoms with van der Waals surface area (Å²) in [6.45, 7) is 7.23. The van der Waals surface area contributed by atoms with Gasteiger partial charge in [0.1, 0.15) is 16.9 Å². The maximum atomic E-state index is 13.0. The Labute approximate surface area is 186 Å². The number of carbonyl (C=O) groups excluding carboxylic acids is 2. The Hall–Kier alpha value is -3.61. The lowest BCUT2D eigenvalue weighted by atomic mass is 10.1. The van der Waals surface area contributed by atoms with Crippen molar-refractivity contribution >= 4 is 23.0 Å². The number of benzene rings is 2. The van der Waals surface area contributed by atoms with E-state index in [-0.39, 0.29) is 5.75 Å². The second-order valence-electron chi connectivity index (χ2n) is 8.41. The standard InChI is InChI=1S/C25H27NO6/c1-5-9-17-14-21(27)31-20-15-18(12-13-19(17)20)30-23(28)22(16-10-7-6-8-11-16)26-24(29)32-25(2,3)4/h6-8,10-15,22H,5,9H2,1-4H3,(H,26,29). The van der Waals surface area contributed by atoms with Gasteiger partial charge in [-0.2, -0.15) is 0 Å². The molecule has 32 heavy (non-hydrogen) atoms. The fraction of sp³-hybridized carbons (Fsp3) is 0.320. The Morgan fingerprint density at radius 1 is 1.06 bits per heavy atom. The van der Waals surface area contributed by atoms with Gasteiger partial charge in [-0.25, -0.2) is 14.4 Å². The van der Waals surface area contributed by atoms with Crippen molar-refractivity contribution in [3.8, 4) is 5.75 Å². The lowest BCUT2D eigenvalue weighted by molar-refractivity contribution is -0.137. The zero-order chi connectivity index (χ0) is 23.3. The third-order valence-corrected chi connectivity index (χ3v) is 4.57. The highest BCUT2D eigenvalue weighted by Gasteiger charge is 2.27. The average Bonchev–Trinajstić information content (AvgIpc) is 2.71. The minimum atomic E-state index is -1.08. The molecule has 0 saturated carbocycles. The Bertz CT molecular complexity index is 1160. The summed E-state index contributed by atoms with van der Waals surface area (Å²) < 4.78 is 16.1. The third-order valence-electron chi connectivity index (χ3n) is 4.57. The van der Waals surface area contributed by atoms with E-state index < -0.39 is 29.3 Å². The molecule has 0 saturated heterocycles. The van der Waals surface area contributed by atoms with Crippen LogP contribution in [0.15, 0.2) is 63.8 Å². The van der Waals surface area contributed by atoms with Crippen LogP contribution in [0.3, 0.4) is 0 Å². The highest BCUT2D eigenvalue weighted by Crippen LogP contribution is 2.25. The summed E-state index contributed by atoms with van der Waals surface area (Å²) in [5.74, 6) is -0.500. The van der Waals surface area contributed by atoms with Crippen LogP contribution in [0.5, 0.6) is 5.75 Å². The first kappa shape index (κ1) is 23.1. The molecular formula is C25H27NO6. The van der Waals surface area contributed by atoms with Gasteiger partial charge in [0.05, 0.1) is 0 Å². The normalized spacial score (nSPS) is 12.2. The van der Waals surface area contributed by atoms with E-state index in [2.05, 4.69) is 5.32 Å². The van der Waals surface area contributed by atoms with Crippen LogP contribution in [-0.2, 0) is 16.0 Å². The molecule has 7 heteroatoms. The zero-order valence-corrected chi connectivity index (χ0v) is 18.6. The van der Waals surface area contributed by atoms with E-state index in [9.17, 15) is 14.4 Å². The number of amides is 1. The van der Waals surface area contributed by atoms with Crippen LogP contribution in [0.2, 0.25) is 0 Å². The first-order valence-electron chi connectivity index (χ1n) is 10.5. The smallest absolute Gasteiger partial charge is 0.408 e. The highest BCUT2D eigenvalue weighted by molar-refractivity contribution is 5.86. The van der Waals surface area contributed by atoms with Gasteiger partial charge in [0, 0.05) is 17.5 Å². The SMILES string of the molecule is CCCc1cc(=O)oc2cc(OC(=O)C(NC(=O)OC(C)(C)C)c3ccccc3)ccc12. The van der Waals surface area contributed by atoms with Gasteiger partial charge in [0.15, 0.2) is 6.04 Å². The van der Waals surface area contributed by atoms with Gasteiger partial charge in [-0.1, -0.05) is 43.7 Å². The molecule has 0 aliphatic rings. The number of esters is 1. The van der Waals surface area contributed by atoms with Crippen molar-refractivity contribution in [1.29, 1.82) is 0 Å². The molecule has 1 N–H and O–H groups in total. The van der Waals surface area contributed by atoms with Crippen molar-refractivity contribution in [2.45, 2.75) is 52.2 Å². The minimum Gasteiger partial charge on any atom is -0.444 e. The van der Waals surface area contributed by atoms with Crippen molar-refractivity contribution in [3.05, 3.63) is 76.1 Å². The average molecular weight is 437 g/mol. The molecule has 1 atom stereocenters. The van der Waals surface area contributed by atoms with Crippen molar-refractivity contribution < 1.29 is 23.5 Å². The summed E-state index contributed by atoms with van der Waals surface area (Å²) in [6, 6.07) is 14.0.